The van der Waals surface area contributed by atoms with E-state index in [9.17, 15) is 13.6 Å². The summed E-state index contributed by atoms with van der Waals surface area (Å²) in [5.41, 5.74) is 1.33. The minimum absolute atomic E-state index is 0.424. The first-order chi connectivity index (χ1) is 10.8. The molecule has 0 fully saturated rings. The number of hydroxylamine groups is 1. The number of carbonyl (C=O) groups excluding carboxylic acids is 1. The van der Waals surface area contributed by atoms with E-state index in [1.165, 1.54) is 0 Å². The summed E-state index contributed by atoms with van der Waals surface area (Å²) in [6, 6.07) is 11.8. The smallest absolute Gasteiger partial charge is 0.267 e. The van der Waals surface area contributed by atoms with Gasteiger partial charge in [0.25, 0.3) is 17.2 Å². The molecule has 0 aliphatic rings. The van der Waals surface area contributed by atoms with Crippen LogP contribution in [0.3, 0.4) is 0 Å². The van der Waals surface area contributed by atoms with Gasteiger partial charge in [0.2, 0.25) is 0 Å². The molecule has 0 aliphatic carbocycles. The van der Waals surface area contributed by atoms with Crippen LogP contribution >= 0.6 is 0 Å². The van der Waals surface area contributed by atoms with Gasteiger partial charge in [0.05, 0.1) is 5.69 Å². The Morgan fingerprint density at radius 3 is 2.30 bits per heavy atom. The van der Waals surface area contributed by atoms with Gasteiger partial charge in [0, 0.05) is 0 Å². The van der Waals surface area contributed by atoms with E-state index in [0.29, 0.717) is 5.69 Å². The number of hydrogen-bond donors (Lipinski definition) is 3. The lowest BCUT2D eigenvalue weighted by Crippen LogP contribution is -2.54. The monoisotopic (exact) mass is 336 g/mol. The molecule has 0 saturated heterocycles. The number of nitrogens with zero attached hydrogens (tertiary/aromatic N) is 1. The van der Waals surface area contributed by atoms with Crippen LogP contribution in [0.5, 0.6) is 0 Å². The Bertz CT molecular complexity index is 742. The molecule has 23 heavy (non-hydrogen) atoms. The first-order valence-electron chi connectivity index (χ1n) is 7.08. The van der Waals surface area contributed by atoms with Gasteiger partial charge in [0.15, 0.2) is 0 Å². The molecule has 0 saturated carbocycles. The molecular weight excluding hydrogens is 316 g/mol. The fourth-order valence-electron chi connectivity index (χ4n) is 2.56. The average Bonchev–Trinajstić information content (AvgIpc) is 2.49. The molecule has 6 nitrogen and oxygen atoms in total. The first kappa shape index (κ1) is 17.4. The number of anilines is 1. The van der Waals surface area contributed by atoms with Gasteiger partial charge in [0.1, 0.15) is 6.04 Å². The predicted octanol–water partition coefficient (Wildman–Crippen LogP) is 2.70. The number of hydrogen-bond acceptors (Lipinski definition) is 3. The van der Waals surface area contributed by atoms with Crippen molar-refractivity contribution >= 4 is 33.6 Å². The third-order valence-corrected chi connectivity index (χ3v) is 4.33. The molecule has 2 unspecified atom stereocenters. The number of benzene rings is 2. The third-order valence-electron chi connectivity index (χ3n) is 3.57. The minimum Gasteiger partial charge on any atom is -0.289 e. The Morgan fingerprint density at radius 2 is 1.78 bits per heavy atom. The number of amides is 1. The Kier molecular flexibility index (Phi) is 5.03. The van der Waals surface area contributed by atoms with Crippen molar-refractivity contribution in [2.24, 2.45) is 5.41 Å². The van der Waals surface area contributed by atoms with E-state index in [1.807, 2.05) is 30.3 Å². The second-order valence-corrected chi connectivity index (χ2v) is 7.19. The summed E-state index contributed by atoms with van der Waals surface area (Å²) in [4.78, 5) is 12.1. The van der Waals surface area contributed by atoms with E-state index in [2.05, 4.69) is 0 Å². The van der Waals surface area contributed by atoms with Gasteiger partial charge >= 0.3 is 0 Å². The molecule has 124 valence electrons. The number of fused-ring (bicyclic) bond motifs is 1. The van der Waals surface area contributed by atoms with Crippen molar-refractivity contribution in [3.05, 3.63) is 42.5 Å². The highest BCUT2D eigenvalue weighted by Gasteiger charge is 2.39. The molecule has 0 radical (unpaired) electrons. The second kappa shape index (κ2) is 6.66. The van der Waals surface area contributed by atoms with Crippen molar-refractivity contribution in [2.45, 2.75) is 26.8 Å². The van der Waals surface area contributed by atoms with E-state index < -0.39 is 28.6 Å². The Morgan fingerprint density at radius 1 is 1.17 bits per heavy atom. The van der Waals surface area contributed by atoms with Crippen LogP contribution in [0.2, 0.25) is 0 Å². The largest absolute Gasteiger partial charge is 0.289 e. The number of carbonyl (C=O) groups is 1. The SMILES string of the molecule is CC(C)(C)C(C(=O)NO)N(c1ccc2ccccc2c1)S(=O)O. The van der Waals surface area contributed by atoms with Gasteiger partial charge in [-0.25, -0.2) is 9.69 Å². The van der Waals surface area contributed by atoms with Crippen LogP contribution in [0.15, 0.2) is 42.5 Å². The molecule has 0 heterocycles. The molecule has 0 aliphatic heterocycles. The lowest BCUT2D eigenvalue weighted by molar-refractivity contribution is -0.132. The summed E-state index contributed by atoms with van der Waals surface area (Å²) in [5.74, 6) is -0.743. The molecule has 0 spiro atoms. The third kappa shape index (κ3) is 3.69. The highest BCUT2D eigenvalue weighted by Crippen LogP contribution is 2.32. The first-order valence-corrected chi connectivity index (χ1v) is 8.15. The molecule has 7 heteroatoms. The number of rotatable bonds is 4. The van der Waals surface area contributed by atoms with Crippen LogP contribution in [-0.2, 0) is 16.1 Å². The van der Waals surface area contributed by atoms with Crippen molar-refractivity contribution in [3.8, 4) is 0 Å². The van der Waals surface area contributed by atoms with Crippen LogP contribution < -0.4 is 9.79 Å². The maximum absolute atomic E-state index is 12.1. The van der Waals surface area contributed by atoms with Gasteiger partial charge < -0.3 is 0 Å². The van der Waals surface area contributed by atoms with Crippen LogP contribution in [-0.4, -0.2) is 25.9 Å². The number of nitrogens with one attached hydrogen (secondary N) is 1. The molecule has 2 aromatic carbocycles. The summed E-state index contributed by atoms with van der Waals surface area (Å²) in [6.07, 6.45) is 0. The highest BCUT2D eigenvalue weighted by molar-refractivity contribution is 7.80. The summed E-state index contributed by atoms with van der Waals surface area (Å²) in [6.45, 7) is 5.27. The van der Waals surface area contributed by atoms with Crippen LogP contribution in [0, 0.1) is 5.41 Å². The van der Waals surface area contributed by atoms with E-state index >= 15 is 0 Å². The minimum atomic E-state index is -2.43. The van der Waals surface area contributed by atoms with Gasteiger partial charge in [-0.1, -0.05) is 51.1 Å². The summed E-state index contributed by atoms with van der Waals surface area (Å²) >= 11 is -2.43. The van der Waals surface area contributed by atoms with E-state index in [4.69, 9.17) is 5.21 Å². The summed E-state index contributed by atoms with van der Waals surface area (Å²) in [7, 11) is 0. The van der Waals surface area contributed by atoms with Gasteiger partial charge in [-0.05, 0) is 28.3 Å². The predicted molar refractivity (Wildman–Crippen MR) is 90.4 cm³/mol. The van der Waals surface area contributed by atoms with Crippen molar-refractivity contribution in [3.63, 3.8) is 0 Å². The van der Waals surface area contributed by atoms with Gasteiger partial charge in [-0.3, -0.25) is 18.9 Å². The highest BCUT2D eigenvalue weighted by atomic mass is 32.2. The average molecular weight is 336 g/mol. The Labute approximate surface area is 137 Å². The molecule has 3 N–H and O–H groups in total. The van der Waals surface area contributed by atoms with Gasteiger partial charge in [-0.2, -0.15) is 0 Å². The van der Waals surface area contributed by atoms with Crippen molar-refractivity contribution < 1.29 is 18.8 Å². The fraction of sp³-hybridized carbons (Fsp3) is 0.312. The summed E-state index contributed by atoms with van der Waals surface area (Å²) < 4.78 is 22.8. The van der Waals surface area contributed by atoms with Crippen LogP contribution in [0.25, 0.3) is 10.8 Å². The fourth-order valence-corrected chi connectivity index (χ4v) is 3.44. The molecule has 2 rings (SSSR count). The molecule has 0 aromatic heterocycles. The topological polar surface area (TPSA) is 89.9 Å². The second-order valence-electron chi connectivity index (χ2n) is 6.33. The van der Waals surface area contributed by atoms with E-state index in [-0.39, 0.29) is 0 Å². The van der Waals surface area contributed by atoms with Crippen molar-refractivity contribution in [1.82, 2.24) is 5.48 Å². The lowest BCUT2D eigenvalue weighted by Gasteiger charge is -2.37. The molecule has 2 aromatic rings. The maximum atomic E-state index is 12.1. The molecular formula is C16H20N2O4S. The standard InChI is InChI=1S/C16H20N2O4S/c1-16(2,3)14(15(19)17-20)18(23(21)22)13-9-8-11-6-4-5-7-12(11)10-13/h4-10,14,20H,1-3H3,(H,17,19)(H,21,22). The molecule has 1 amide bonds. The summed E-state index contributed by atoms with van der Waals surface area (Å²) in [5, 5.41) is 10.9. The lowest BCUT2D eigenvalue weighted by atomic mass is 9.86. The van der Waals surface area contributed by atoms with Crippen molar-refractivity contribution in [2.75, 3.05) is 4.31 Å². The zero-order valence-electron chi connectivity index (χ0n) is 13.2. The zero-order chi connectivity index (χ0) is 17.2. The van der Waals surface area contributed by atoms with Crippen LogP contribution in [0.4, 0.5) is 5.69 Å². The van der Waals surface area contributed by atoms with Gasteiger partial charge in [-0.15, -0.1) is 0 Å². The van der Waals surface area contributed by atoms with Crippen molar-refractivity contribution in [1.29, 1.82) is 0 Å². The zero-order valence-corrected chi connectivity index (χ0v) is 14.0. The Hall–Kier alpha value is -1.96. The molecule has 0 bridgehead atoms. The van der Waals surface area contributed by atoms with E-state index in [0.717, 1.165) is 15.1 Å². The quantitative estimate of drug-likeness (QED) is 0.455. The maximum Gasteiger partial charge on any atom is 0.267 e. The Balaban J connectivity index is 2.58. The molecule has 2 atom stereocenters. The van der Waals surface area contributed by atoms with E-state index in [1.54, 1.807) is 38.4 Å². The van der Waals surface area contributed by atoms with Crippen LogP contribution in [0.1, 0.15) is 20.8 Å². The normalized spacial score (nSPS) is 14.3.